The number of rotatable bonds is 5. The van der Waals surface area contributed by atoms with E-state index in [0.717, 1.165) is 28.0 Å². The van der Waals surface area contributed by atoms with E-state index in [1.54, 1.807) is 18.9 Å². The van der Waals surface area contributed by atoms with E-state index in [0.29, 0.717) is 0 Å². The molecule has 1 aromatic heterocycles. The largest absolute Gasteiger partial charge is 0.496 e. The number of aromatic nitrogens is 3. The van der Waals surface area contributed by atoms with Crippen LogP contribution in [0.2, 0.25) is 0 Å². The normalized spacial score (nSPS) is 10.7. The average Bonchev–Trinajstić information content (AvgIpc) is 2.93. The lowest BCUT2D eigenvalue weighted by Crippen LogP contribution is -1.97. The van der Waals surface area contributed by atoms with E-state index in [1.807, 2.05) is 35.9 Å². The topological polar surface area (TPSA) is 39.9 Å². The van der Waals surface area contributed by atoms with Crippen LogP contribution in [0.5, 0.6) is 5.75 Å². The van der Waals surface area contributed by atoms with Crippen LogP contribution in [0.4, 0.5) is 0 Å². The average molecular weight is 325 g/mol. The highest BCUT2D eigenvalue weighted by molar-refractivity contribution is 7.98. The Balaban J connectivity index is 1.82. The molecule has 0 N–H and O–H groups in total. The molecule has 0 radical (unpaired) electrons. The van der Waals surface area contributed by atoms with Crippen molar-refractivity contribution in [1.29, 1.82) is 0 Å². The summed E-state index contributed by atoms with van der Waals surface area (Å²) >= 11 is 1.69. The summed E-state index contributed by atoms with van der Waals surface area (Å²) in [5, 5.41) is 9.56. The fourth-order valence-electron chi connectivity index (χ4n) is 2.45. The number of hydrogen-bond donors (Lipinski definition) is 0. The Morgan fingerprint density at radius 1 is 1.09 bits per heavy atom. The molecule has 0 bridgehead atoms. The summed E-state index contributed by atoms with van der Waals surface area (Å²) in [6.07, 6.45) is 0. The number of methoxy groups -OCH3 is 1. The molecule has 0 aliphatic rings. The molecule has 0 unspecified atom stereocenters. The molecule has 0 saturated heterocycles. The molecule has 0 fully saturated rings. The van der Waals surface area contributed by atoms with E-state index in [9.17, 15) is 0 Å². The first-order valence-electron chi connectivity index (χ1n) is 7.40. The third kappa shape index (κ3) is 3.40. The molecule has 0 amide bonds. The summed E-state index contributed by atoms with van der Waals surface area (Å²) in [6, 6.07) is 16.4. The van der Waals surface area contributed by atoms with Gasteiger partial charge in [-0.15, -0.1) is 10.2 Å². The molecule has 0 saturated carbocycles. The minimum absolute atomic E-state index is 0.804. The molecule has 118 valence electrons. The second-order valence-corrected chi connectivity index (χ2v) is 6.29. The second kappa shape index (κ2) is 6.87. The molecule has 0 atom stereocenters. The van der Waals surface area contributed by atoms with E-state index in [2.05, 4.69) is 41.4 Å². The van der Waals surface area contributed by atoms with Gasteiger partial charge in [0, 0.05) is 12.8 Å². The molecule has 4 nitrogen and oxygen atoms in total. The number of nitrogens with zero attached hydrogens (tertiary/aromatic N) is 3. The van der Waals surface area contributed by atoms with E-state index in [1.165, 1.54) is 11.1 Å². The van der Waals surface area contributed by atoms with Gasteiger partial charge in [0.1, 0.15) is 5.75 Å². The smallest absolute Gasteiger partial charge is 0.191 e. The zero-order chi connectivity index (χ0) is 16.2. The Labute approximate surface area is 140 Å². The maximum absolute atomic E-state index is 5.42. The lowest BCUT2D eigenvalue weighted by atomic mass is 10.2. The van der Waals surface area contributed by atoms with Gasteiger partial charge in [-0.1, -0.05) is 53.7 Å². The Kier molecular flexibility index (Phi) is 4.67. The summed E-state index contributed by atoms with van der Waals surface area (Å²) in [7, 11) is 3.66. The molecule has 5 heteroatoms. The predicted molar refractivity (Wildman–Crippen MR) is 93.7 cm³/mol. The summed E-state index contributed by atoms with van der Waals surface area (Å²) in [4.78, 5) is 0. The Hall–Kier alpha value is -2.27. The maximum Gasteiger partial charge on any atom is 0.191 e. The van der Waals surface area contributed by atoms with Gasteiger partial charge in [-0.05, 0) is 24.6 Å². The van der Waals surface area contributed by atoms with Gasteiger partial charge in [0.25, 0.3) is 0 Å². The lowest BCUT2D eigenvalue weighted by molar-refractivity contribution is 0.416. The van der Waals surface area contributed by atoms with Gasteiger partial charge in [0.15, 0.2) is 11.0 Å². The van der Waals surface area contributed by atoms with Crippen LogP contribution in [0.3, 0.4) is 0 Å². The van der Waals surface area contributed by atoms with Gasteiger partial charge in [-0.3, -0.25) is 0 Å². The lowest BCUT2D eigenvalue weighted by Gasteiger charge is -2.08. The van der Waals surface area contributed by atoms with Gasteiger partial charge >= 0.3 is 0 Å². The van der Waals surface area contributed by atoms with E-state index in [-0.39, 0.29) is 0 Å². The van der Waals surface area contributed by atoms with Crippen LogP contribution in [0, 0.1) is 6.92 Å². The van der Waals surface area contributed by atoms with Crippen molar-refractivity contribution in [3.63, 3.8) is 0 Å². The summed E-state index contributed by atoms with van der Waals surface area (Å²) < 4.78 is 7.43. The number of benzene rings is 2. The zero-order valence-electron chi connectivity index (χ0n) is 13.5. The molecule has 0 spiro atoms. The molecule has 23 heavy (non-hydrogen) atoms. The van der Waals surface area contributed by atoms with Crippen LogP contribution in [-0.2, 0) is 12.8 Å². The number of hydrogen-bond acceptors (Lipinski definition) is 4. The molecule has 1 heterocycles. The Morgan fingerprint density at radius 2 is 1.91 bits per heavy atom. The van der Waals surface area contributed by atoms with Crippen LogP contribution in [0.15, 0.2) is 53.7 Å². The minimum Gasteiger partial charge on any atom is -0.496 e. The van der Waals surface area contributed by atoms with Crippen LogP contribution in [0.25, 0.3) is 11.4 Å². The van der Waals surface area contributed by atoms with Crippen molar-refractivity contribution in [3.05, 3.63) is 59.7 Å². The minimum atomic E-state index is 0.804. The van der Waals surface area contributed by atoms with Crippen molar-refractivity contribution in [2.45, 2.75) is 17.8 Å². The Morgan fingerprint density at radius 3 is 2.70 bits per heavy atom. The molecule has 2 aromatic carbocycles. The van der Waals surface area contributed by atoms with Crippen LogP contribution in [0.1, 0.15) is 11.1 Å². The fraction of sp³-hybridized carbons (Fsp3) is 0.222. The predicted octanol–water partition coefficient (Wildman–Crippen LogP) is 4.09. The van der Waals surface area contributed by atoms with Crippen molar-refractivity contribution in [1.82, 2.24) is 14.8 Å². The highest BCUT2D eigenvalue weighted by Gasteiger charge is 2.14. The molecular formula is C18H19N3OS. The summed E-state index contributed by atoms with van der Waals surface area (Å²) in [6.45, 7) is 2.11. The third-order valence-electron chi connectivity index (χ3n) is 3.63. The van der Waals surface area contributed by atoms with Gasteiger partial charge in [0.05, 0.1) is 12.7 Å². The highest BCUT2D eigenvalue weighted by Crippen LogP contribution is 2.30. The van der Waals surface area contributed by atoms with Gasteiger partial charge in [-0.2, -0.15) is 0 Å². The van der Waals surface area contributed by atoms with Crippen molar-refractivity contribution in [3.8, 4) is 17.1 Å². The maximum atomic E-state index is 5.42. The van der Waals surface area contributed by atoms with E-state index >= 15 is 0 Å². The highest BCUT2D eigenvalue weighted by atomic mass is 32.2. The van der Waals surface area contributed by atoms with E-state index < -0.39 is 0 Å². The van der Waals surface area contributed by atoms with Gasteiger partial charge in [-0.25, -0.2) is 0 Å². The van der Waals surface area contributed by atoms with Crippen LogP contribution >= 0.6 is 11.8 Å². The SMILES string of the molecule is COc1ccccc1-c1nnc(SCc2cccc(C)c2)n1C. The number of aryl methyl sites for hydroxylation is 1. The number of ether oxygens (including phenoxy) is 1. The van der Waals surface area contributed by atoms with Gasteiger partial charge in [0.2, 0.25) is 0 Å². The number of para-hydroxylation sites is 1. The van der Waals surface area contributed by atoms with E-state index in [4.69, 9.17) is 4.74 Å². The molecule has 3 rings (SSSR count). The standard InChI is InChI=1S/C18H19N3OS/c1-13-7-6-8-14(11-13)12-23-18-20-19-17(21(18)2)15-9-4-5-10-16(15)22-3/h4-11H,12H2,1-3H3. The van der Waals surface area contributed by atoms with Crippen molar-refractivity contribution in [2.24, 2.45) is 7.05 Å². The molecule has 0 aliphatic heterocycles. The van der Waals surface area contributed by atoms with Crippen molar-refractivity contribution in [2.75, 3.05) is 7.11 Å². The van der Waals surface area contributed by atoms with Crippen LogP contribution in [-0.4, -0.2) is 21.9 Å². The quantitative estimate of drug-likeness (QED) is 0.662. The second-order valence-electron chi connectivity index (χ2n) is 5.34. The monoisotopic (exact) mass is 325 g/mol. The summed E-state index contributed by atoms with van der Waals surface area (Å²) in [5.74, 6) is 2.49. The molecule has 0 aliphatic carbocycles. The van der Waals surface area contributed by atoms with Crippen molar-refractivity contribution >= 4 is 11.8 Å². The first-order chi connectivity index (χ1) is 11.2. The first-order valence-corrected chi connectivity index (χ1v) is 8.38. The summed E-state index contributed by atoms with van der Waals surface area (Å²) in [5.41, 5.74) is 3.51. The fourth-order valence-corrected chi connectivity index (χ4v) is 3.31. The molecule has 3 aromatic rings. The molecular weight excluding hydrogens is 306 g/mol. The first kappa shape index (κ1) is 15.6. The van der Waals surface area contributed by atoms with Gasteiger partial charge < -0.3 is 9.30 Å². The third-order valence-corrected chi connectivity index (χ3v) is 4.72. The Bertz CT molecular complexity index is 814. The van der Waals surface area contributed by atoms with Crippen molar-refractivity contribution < 1.29 is 4.74 Å². The van der Waals surface area contributed by atoms with Crippen LogP contribution < -0.4 is 4.74 Å². The zero-order valence-corrected chi connectivity index (χ0v) is 14.3. The number of thioether (sulfide) groups is 1.